The second kappa shape index (κ2) is 8.84. The summed E-state index contributed by atoms with van der Waals surface area (Å²) in [4.78, 5) is 32.9. The summed E-state index contributed by atoms with van der Waals surface area (Å²) in [5, 5.41) is 2.67. The van der Waals surface area contributed by atoms with Gasteiger partial charge in [0.2, 0.25) is 5.82 Å². The number of nitrogens with one attached hydrogen (secondary N) is 1. The Labute approximate surface area is 195 Å². The quantitative estimate of drug-likeness (QED) is 0.352. The highest BCUT2D eigenvalue weighted by Crippen LogP contribution is 2.34. The molecule has 2 aromatic heterocycles. The van der Waals surface area contributed by atoms with Crippen LogP contribution >= 0.6 is 23.2 Å². The number of Topliss-reactive ketones (excluding diaryl/α,β-unsaturated/α-hetero) is 1. The Morgan fingerprint density at radius 2 is 1.70 bits per heavy atom. The molecule has 0 bridgehead atoms. The second-order valence-corrected chi connectivity index (χ2v) is 7.72. The number of benzene rings is 2. The zero-order valence-corrected chi connectivity index (χ0v) is 18.0. The number of halogens is 5. The minimum Gasteiger partial charge on any atom is -0.320 e. The number of alkyl halides is 3. The molecule has 0 unspecified atom stereocenters. The maximum Gasteiger partial charge on any atom is 0.449 e. The average Bonchev–Trinajstić information content (AvgIpc) is 3.14. The molecule has 0 saturated heterocycles. The molecule has 1 amide bonds. The number of rotatable bonds is 5. The molecule has 2 heterocycles. The van der Waals surface area contributed by atoms with Crippen LogP contribution in [0.15, 0.2) is 60.9 Å². The minimum atomic E-state index is -4.85. The van der Waals surface area contributed by atoms with Gasteiger partial charge in [0.15, 0.2) is 5.78 Å². The average molecular weight is 493 g/mol. The van der Waals surface area contributed by atoms with Gasteiger partial charge in [-0.1, -0.05) is 35.3 Å². The van der Waals surface area contributed by atoms with E-state index in [-0.39, 0.29) is 37.9 Å². The number of anilines is 1. The van der Waals surface area contributed by atoms with Gasteiger partial charge in [-0.05, 0) is 36.4 Å². The molecule has 168 valence electrons. The summed E-state index contributed by atoms with van der Waals surface area (Å²) < 4.78 is 42.1. The first-order chi connectivity index (χ1) is 15.7. The molecule has 0 aliphatic rings. The highest BCUT2D eigenvalue weighted by molar-refractivity contribution is 6.40. The van der Waals surface area contributed by atoms with Crippen LogP contribution in [0.2, 0.25) is 10.0 Å². The molecule has 4 aromatic rings. The van der Waals surface area contributed by atoms with Gasteiger partial charge in [-0.25, -0.2) is 4.98 Å². The van der Waals surface area contributed by atoms with Crippen molar-refractivity contribution in [2.24, 2.45) is 0 Å². The van der Waals surface area contributed by atoms with E-state index in [0.717, 1.165) is 4.57 Å². The Balaban J connectivity index is 1.78. The van der Waals surface area contributed by atoms with Crippen molar-refractivity contribution >= 4 is 51.6 Å². The number of hydrogen-bond donors (Lipinski definition) is 1. The highest BCUT2D eigenvalue weighted by atomic mass is 35.5. The van der Waals surface area contributed by atoms with Crippen molar-refractivity contribution in [3.8, 4) is 0 Å². The first kappa shape index (κ1) is 22.8. The molecule has 4 rings (SSSR count). The van der Waals surface area contributed by atoms with E-state index < -0.39 is 30.2 Å². The van der Waals surface area contributed by atoms with Gasteiger partial charge in [-0.15, -0.1) is 0 Å². The molecular weight excluding hydrogens is 480 g/mol. The number of ketones is 1. The monoisotopic (exact) mass is 492 g/mol. The predicted molar refractivity (Wildman–Crippen MR) is 118 cm³/mol. The van der Waals surface area contributed by atoms with Crippen molar-refractivity contribution in [1.29, 1.82) is 0 Å². The molecule has 0 saturated carbocycles. The van der Waals surface area contributed by atoms with Gasteiger partial charge in [0.1, 0.15) is 5.52 Å². The number of amides is 1. The Kier molecular flexibility index (Phi) is 6.09. The van der Waals surface area contributed by atoms with E-state index in [9.17, 15) is 22.8 Å². The van der Waals surface area contributed by atoms with Crippen LogP contribution in [0.25, 0.3) is 11.0 Å². The minimum absolute atomic E-state index is 0.00608. The van der Waals surface area contributed by atoms with Crippen LogP contribution in [-0.2, 0) is 12.7 Å². The van der Waals surface area contributed by atoms with Crippen molar-refractivity contribution in [3.63, 3.8) is 0 Å². The molecule has 0 fully saturated rings. The second-order valence-electron chi connectivity index (χ2n) is 6.91. The van der Waals surface area contributed by atoms with Gasteiger partial charge < -0.3 is 9.88 Å². The zero-order valence-electron chi connectivity index (χ0n) is 16.5. The molecule has 1 N–H and O–H groups in total. The molecule has 0 spiro atoms. The third kappa shape index (κ3) is 4.55. The van der Waals surface area contributed by atoms with Crippen molar-refractivity contribution in [2.45, 2.75) is 12.7 Å². The SMILES string of the molecule is O=C(Cn1c(C(F)(F)F)nc2c(NC(=O)c3c(Cl)cccc3Cl)cccc21)c1cccnc1. The van der Waals surface area contributed by atoms with Crippen molar-refractivity contribution in [1.82, 2.24) is 14.5 Å². The van der Waals surface area contributed by atoms with Gasteiger partial charge in [0, 0.05) is 18.0 Å². The van der Waals surface area contributed by atoms with E-state index in [0.29, 0.717) is 0 Å². The summed E-state index contributed by atoms with van der Waals surface area (Å²) in [5.41, 5.74) is 0.0138. The topological polar surface area (TPSA) is 76.9 Å². The van der Waals surface area contributed by atoms with Crippen LogP contribution in [0.3, 0.4) is 0 Å². The summed E-state index contributed by atoms with van der Waals surface area (Å²) in [6, 6.07) is 11.7. The van der Waals surface area contributed by atoms with E-state index in [1.54, 1.807) is 6.07 Å². The Hall–Kier alpha value is -3.43. The van der Waals surface area contributed by atoms with Crippen LogP contribution in [0, 0.1) is 0 Å². The number of carbonyl (C=O) groups is 2. The van der Waals surface area contributed by atoms with Gasteiger partial charge in [0.25, 0.3) is 5.91 Å². The highest BCUT2D eigenvalue weighted by Gasteiger charge is 2.38. The van der Waals surface area contributed by atoms with E-state index in [1.165, 1.54) is 54.9 Å². The number of para-hydroxylation sites is 1. The normalized spacial score (nSPS) is 11.5. The standard InChI is InChI=1S/C22H13Cl2F3N4O2/c23-13-5-1-6-14(24)18(13)20(33)29-15-7-2-8-16-19(15)30-21(22(25,26)27)31(16)11-17(32)12-4-3-9-28-10-12/h1-10H,11H2,(H,29,33). The van der Waals surface area contributed by atoms with Crippen LogP contribution in [0.4, 0.5) is 18.9 Å². The van der Waals surface area contributed by atoms with E-state index in [4.69, 9.17) is 23.2 Å². The van der Waals surface area contributed by atoms with Crippen LogP contribution in [-0.4, -0.2) is 26.2 Å². The lowest BCUT2D eigenvalue weighted by Crippen LogP contribution is -2.19. The Morgan fingerprint density at radius 3 is 2.33 bits per heavy atom. The van der Waals surface area contributed by atoms with Gasteiger partial charge in [0.05, 0.1) is 33.4 Å². The molecule has 0 radical (unpaired) electrons. The largest absolute Gasteiger partial charge is 0.449 e. The van der Waals surface area contributed by atoms with Crippen molar-refractivity contribution < 1.29 is 22.8 Å². The summed E-state index contributed by atoms with van der Waals surface area (Å²) in [5.74, 6) is -2.56. The molecular formula is C22H13Cl2F3N4O2. The number of aromatic nitrogens is 3. The lowest BCUT2D eigenvalue weighted by Gasteiger charge is -2.11. The van der Waals surface area contributed by atoms with Crippen LogP contribution in [0.5, 0.6) is 0 Å². The summed E-state index contributed by atoms with van der Waals surface area (Å²) in [6.45, 7) is -0.620. The maximum atomic E-state index is 13.8. The predicted octanol–water partition coefficient (Wildman–Crippen LogP) is 5.89. The molecule has 2 aromatic carbocycles. The molecule has 0 atom stereocenters. The maximum absolute atomic E-state index is 13.8. The van der Waals surface area contributed by atoms with E-state index in [2.05, 4.69) is 15.3 Å². The number of nitrogens with zero attached hydrogens (tertiary/aromatic N) is 3. The van der Waals surface area contributed by atoms with Gasteiger partial charge in [-0.2, -0.15) is 13.2 Å². The zero-order chi connectivity index (χ0) is 23.8. The third-order valence-electron chi connectivity index (χ3n) is 4.76. The number of imidazole rings is 1. The van der Waals surface area contributed by atoms with Gasteiger partial charge in [-0.3, -0.25) is 14.6 Å². The van der Waals surface area contributed by atoms with Crippen LogP contribution < -0.4 is 5.32 Å². The summed E-state index contributed by atoms with van der Waals surface area (Å²) in [7, 11) is 0. The summed E-state index contributed by atoms with van der Waals surface area (Å²) in [6.07, 6.45) is -2.12. The molecule has 6 nitrogen and oxygen atoms in total. The fourth-order valence-corrected chi connectivity index (χ4v) is 3.86. The number of fused-ring (bicyclic) bond motifs is 1. The third-order valence-corrected chi connectivity index (χ3v) is 5.39. The van der Waals surface area contributed by atoms with Crippen molar-refractivity contribution in [3.05, 3.63) is 87.9 Å². The lowest BCUT2D eigenvalue weighted by atomic mass is 10.2. The number of hydrogen-bond acceptors (Lipinski definition) is 4. The van der Waals surface area contributed by atoms with Crippen molar-refractivity contribution in [2.75, 3.05) is 5.32 Å². The fourth-order valence-electron chi connectivity index (χ4n) is 3.29. The smallest absolute Gasteiger partial charge is 0.320 e. The number of pyridine rings is 1. The number of carbonyl (C=O) groups excluding carboxylic acids is 2. The first-order valence-electron chi connectivity index (χ1n) is 9.42. The molecule has 0 aliphatic carbocycles. The van der Waals surface area contributed by atoms with E-state index in [1.807, 2.05) is 0 Å². The molecule has 0 aliphatic heterocycles. The lowest BCUT2D eigenvalue weighted by molar-refractivity contribution is -0.146. The Morgan fingerprint density at radius 1 is 1.00 bits per heavy atom. The fraction of sp³-hybridized carbons (Fsp3) is 0.0909. The van der Waals surface area contributed by atoms with E-state index >= 15 is 0 Å². The summed E-state index contributed by atoms with van der Waals surface area (Å²) >= 11 is 12.1. The first-order valence-corrected chi connectivity index (χ1v) is 10.2. The Bertz CT molecular complexity index is 1350. The molecule has 11 heteroatoms. The van der Waals surface area contributed by atoms with Gasteiger partial charge >= 0.3 is 6.18 Å². The molecule has 33 heavy (non-hydrogen) atoms. The van der Waals surface area contributed by atoms with Crippen LogP contribution in [0.1, 0.15) is 26.5 Å².